The van der Waals surface area contributed by atoms with E-state index in [-0.39, 0.29) is 11.9 Å². The first-order valence-corrected chi connectivity index (χ1v) is 7.76. The van der Waals surface area contributed by atoms with Gasteiger partial charge in [-0.15, -0.1) is 0 Å². The van der Waals surface area contributed by atoms with E-state index in [4.69, 9.17) is 4.74 Å². The highest BCUT2D eigenvalue weighted by Crippen LogP contribution is 2.31. The van der Waals surface area contributed by atoms with Crippen molar-refractivity contribution in [1.29, 1.82) is 0 Å². The topological polar surface area (TPSA) is 26.3 Å². The van der Waals surface area contributed by atoms with Crippen LogP contribution in [0.4, 0.5) is 0 Å². The van der Waals surface area contributed by atoms with Crippen molar-refractivity contribution in [3.63, 3.8) is 0 Å². The summed E-state index contributed by atoms with van der Waals surface area (Å²) in [6.07, 6.45) is 4.43. The zero-order chi connectivity index (χ0) is 15.4. The summed E-state index contributed by atoms with van der Waals surface area (Å²) < 4.78 is 5.48. The van der Waals surface area contributed by atoms with Gasteiger partial charge in [0, 0.05) is 5.92 Å². The van der Waals surface area contributed by atoms with E-state index in [2.05, 4.69) is 37.3 Å². The fourth-order valence-corrected chi connectivity index (χ4v) is 2.93. The molecule has 112 valence electrons. The van der Waals surface area contributed by atoms with Crippen molar-refractivity contribution in [1.82, 2.24) is 0 Å². The molecule has 0 saturated carbocycles. The number of carbonyl (C=O) groups is 1. The summed E-state index contributed by atoms with van der Waals surface area (Å²) in [7, 11) is 0. The van der Waals surface area contributed by atoms with Gasteiger partial charge in [-0.25, -0.2) is 4.79 Å². The predicted molar refractivity (Wildman–Crippen MR) is 88.6 cm³/mol. The maximum Gasteiger partial charge on any atom is 0.338 e. The zero-order valence-corrected chi connectivity index (χ0v) is 12.8. The van der Waals surface area contributed by atoms with Crippen LogP contribution in [0.1, 0.15) is 34.8 Å². The van der Waals surface area contributed by atoms with E-state index < -0.39 is 0 Å². The standard InChI is InChI=1S/C20H20O2/c1-15(14-22-20(21)17-9-3-2-4-10-17)18-13-7-11-16-8-5-6-12-19(16)18/h2-6,8-10,12-13,15H,7,11,14H2,1H3. The molecule has 0 heterocycles. The first-order chi connectivity index (χ1) is 10.8. The van der Waals surface area contributed by atoms with E-state index >= 15 is 0 Å². The maximum absolute atomic E-state index is 12.0. The molecule has 2 nitrogen and oxygen atoms in total. The number of aryl methyl sites for hydroxylation is 1. The van der Waals surface area contributed by atoms with Crippen LogP contribution in [0, 0.1) is 5.92 Å². The number of fused-ring (bicyclic) bond motifs is 1. The van der Waals surface area contributed by atoms with Gasteiger partial charge in [-0.2, -0.15) is 0 Å². The van der Waals surface area contributed by atoms with Gasteiger partial charge >= 0.3 is 5.97 Å². The van der Waals surface area contributed by atoms with E-state index in [1.165, 1.54) is 16.7 Å². The van der Waals surface area contributed by atoms with Crippen molar-refractivity contribution >= 4 is 11.5 Å². The van der Waals surface area contributed by atoms with E-state index in [1.807, 2.05) is 18.2 Å². The lowest BCUT2D eigenvalue weighted by Gasteiger charge is -2.22. The Morgan fingerprint density at radius 2 is 1.82 bits per heavy atom. The fraction of sp³-hybridized carbons (Fsp3) is 0.250. The fourth-order valence-electron chi connectivity index (χ4n) is 2.93. The van der Waals surface area contributed by atoms with Crippen molar-refractivity contribution in [3.8, 4) is 0 Å². The molecule has 3 rings (SSSR count). The number of benzene rings is 2. The van der Waals surface area contributed by atoms with Crippen molar-refractivity contribution in [2.45, 2.75) is 19.8 Å². The van der Waals surface area contributed by atoms with Crippen LogP contribution < -0.4 is 0 Å². The third kappa shape index (κ3) is 3.11. The molecule has 0 saturated heterocycles. The normalized spacial score (nSPS) is 14.7. The molecule has 0 radical (unpaired) electrons. The smallest absolute Gasteiger partial charge is 0.338 e. The molecule has 22 heavy (non-hydrogen) atoms. The summed E-state index contributed by atoms with van der Waals surface area (Å²) in [5.74, 6) is -0.0498. The number of ether oxygens (including phenoxy) is 1. The molecule has 0 amide bonds. The highest BCUT2D eigenvalue weighted by molar-refractivity contribution is 5.89. The lowest BCUT2D eigenvalue weighted by Crippen LogP contribution is -2.15. The minimum atomic E-state index is -0.253. The third-order valence-corrected chi connectivity index (χ3v) is 4.11. The first kappa shape index (κ1) is 14.6. The van der Waals surface area contributed by atoms with Crippen molar-refractivity contribution in [2.75, 3.05) is 6.61 Å². The van der Waals surface area contributed by atoms with Gasteiger partial charge in [-0.3, -0.25) is 0 Å². The molecule has 2 heteroatoms. The number of hydrogen-bond donors (Lipinski definition) is 0. The molecule has 0 bridgehead atoms. The molecule has 0 aromatic heterocycles. The summed E-state index contributed by atoms with van der Waals surface area (Å²) in [4.78, 5) is 12.0. The monoisotopic (exact) mass is 292 g/mol. The second-order valence-electron chi connectivity index (χ2n) is 5.72. The average Bonchev–Trinajstić information content (AvgIpc) is 2.59. The van der Waals surface area contributed by atoms with Crippen molar-refractivity contribution < 1.29 is 9.53 Å². The molecule has 1 unspecified atom stereocenters. The van der Waals surface area contributed by atoms with Gasteiger partial charge < -0.3 is 4.74 Å². The van der Waals surface area contributed by atoms with Gasteiger partial charge in [0.1, 0.15) is 0 Å². The minimum Gasteiger partial charge on any atom is -0.461 e. The molecule has 0 N–H and O–H groups in total. The number of rotatable bonds is 4. The lowest BCUT2D eigenvalue weighted by molar-refractivity contribution is 0.0476. The van der Waals surface area contributed by atoms with E-state index in [9.17, 15) is 4.79 Å². The first-order valence-electron chi connectivity index (χ1n) is 7.76. The Balaban J connectivity index is 1.67. The molecule has 0 fully saturated rings. The Labute approximate surface area is 131 Å². The molecule has 2 aromatic rings. The SMILES string of the molecule is CC(COC(=O)c1ccccc1)C1=CCCc2ccccc21. The maximum atomic E-state index is 12.0. The molecule has 1 aliphatic rings. The van der Waals surface area contributed by atoms with Gasteiger partial charge in [-0.1, -0.05) is 55.5 Å². The largest absolute Gasteiger partial charge is 0.461 e. The van der Waals surface area contributed by atoms with Crippen LogP contribution in [0.15, 0.2) is 60.7 Å². The van der Waals surface area contributed by atoms with Crippen LogP contribution in [0.25, 0.3) is 5.57 Å². The zero-order valence-electron chi connectivity index (χ0n) is 12.8. The number of esters is 1. The second-order valence-corrected chi connectivity index (χ2v) is 5.72. The Kier molecular flexibility index (Phi) is 4.38. The summed E-state index contributed by atoms with van der Waals surface area (Å²) in [5, 5.41) is 0. The molecular weight excluding hydrogens is 272 g/mol. The Morgan fingerprint density at radius 1 is 1.09 bits per heavy atom. The number of hydrogen-bond acceptors (Lipinski definition) is 2. The highest BCUT2D eigenvalue weighted by atomic mass is 16.5. The van der Waals surface area contributed by atoms with E-state index in [0.717, 1.165) is 12.8 Å². The van der Waals surface area contributed by atoms with Gasteiger partial charge in [-0.05, 0) is 41.7 Å². The van der Waals surface area contributed by atoms with Gasteiger partial charge in [0.2, 0.25) is 0 Å². The van der Waals surface area contributed by atoms with Crippen LogP contribution in [0.2, 0.25) is 0 Å². The number of allylic oxidation sites excluding steroid dienone is 1. The molecule has 0 spiro atoms. The van der Waals surface area contributed by atoms with Crippen LogP contribution >= 0.6 is 0 Å². The van der Waals surface area contributed by atoms with E-state index in [1.54, 1.807) is 12.1 Å². The van der Waals surface area contributed by atoms with Crippen molar-refractivity contribution in [3.05, 3.63) is 77.4 Å². The van der Waals surface area contributed by atoms with Crippen LogP contribution in [-0.2, 0) is 11.2 Å². The minimum absolute atomic E-state index is 0.203. The second kappa shape index (κ2) is 6.61. The average molecular weight is 292 g/mol. The summed E-state index contributed by atoms with van der Waals surface area (Å²) in [6, 6.07) is 17.6. The van der Waals surface area contributed by atoms with Gasteiger partial charge in [0.15, 0.2) is 0 Å². The van der Waals surface area contributed by atoms with Gasteiger partial charge in [0.05, 0.1) is 12.2 Å². The molecule has 1 aliphatic carbocycles. The lowest BCUT2D eigenvalue weighted by atomic mass is 9.85. The molecular formula is C20H20O2. The third-order valence-electron chi connectivity index (χ3n) is 4.11. The Bertz CT molecular complexity index is 686. The van der Waals surface area contributed by atoms with Crippen LogP contribution in [0.5, 0.6) is 0 Å². The molecule has 0 aliphatic heterocycles. The molecule has 2 aromatic carbocycles. The number of carbonyl (C=O) groups excluding carboxylic acids is 1. The van der Waals surface area contributed by atoms with E-state index in [0.29, 0.717) is 12.2 Å². The summed E-state index contributed by atoms with van der Waals surface area (Å²) in [6.45, 7) is 2.53. The van der Waals surface area contributed by atoms with Crippen LogP contribution in [0.3, 0.4) is 0 Å². The Hall–Kier alpha value is -2.35. The van der Waals surface area contributed by atoms with Gasteiger partial charge in [0.25, 0.3) is 0 Å². The highest BCUT2D eigenvalue weighted by Gasteiger charge is 2.19. The van der Waals surface area contributed by atoms with Crippen molar-refractivity contribution in [2.24, 2.45) is 5.92 Å². The quantitative estimate of drug-likeness (QED) is 0.775. The Morgan fingerprint density at radius 3 is 2.64 bits per heavy atom. The molecule has 1 atom stereocenters. The predicted octanol–water partition coefficient (Wildman–Crippen LogP) is 4.51. The van der Waals surface area contributed by atoms with Crippen LogP contribution in [-0.4, -0.2) is 12.6 Å². The summed E-state index contributed by atoms with van der Waals surface area (Å²) in [5.41, 5.74) is 4.59. The summed E-state index contributed by atoms with van der Waals surface area (Å²) >= 11 is 0.